The summed E-state index contributed by atoms with van der Waals surface area (Å²) in [6, 6.07) is 0. The van der Waals surface area contributed by atoms with Gasteiger partial charge in [-0.15, -0.1) is 0 Å². The molecule has 0 rings (SSSR count). The van der Waals surface area contributed by atoms with Crippen molar-refractivity contribution in [2.24, 2.45) is 0 Å². The fourth-order valence-electron chi connectivity index (χ4n) is 0. The first kappa shape index (κ1) is 18.2. The second kappa shape index (κ2) is 6.79. The van der Waals surface area contributed by atoms with Crippen LogP contribution in [0, 0.1) is 0 Å². The molecule has 0 radical (unpaired) electrons. The fourth-order valence-corrected chi connectivity index (χ4v) is 0. The van der Waals surface area contributed by atoms with Crippen LogP contribution in [0.4, 0.5) is 0 Å². The standard InChI is InChI=1S/Ba.2H2O4S/c;2*1-5(2,3)4/h;2*(H2,1,2,3,4)/q+2;;/p-4. The van der Waals surface area contributed by atoms with Gasteiger partial charge in [-0.3, -0.25) is 16.8 Å². The van der Waals surface area contributed by atoms with Crippen LogP contribution < -0.4 is 0 Å². The van der Waals surface area contributed by atoms with E-state index in [-0.39, 0.29) is 48.9 Å². The van der Waals surface area contributed by atoms with Gasteiger partial charge in [-0.2, -0.15) is 0 Å². The summed E-state index contributed by atoms with van der Waals surface area (Å²) in [6.45, 7) is 0. The third kappa shape index (κ3) is 570. The van der Waals surface area contributed by atoms with Crippen LogP contribution in [0.3, 0.4) is 0 Å². The SMILES string of the molecule is O=S(=O)([O-])[O-].O=S(=O)([O-])[O-].[Ba+2]. The Hall–Kier alpha value is 1.31. The third-order valence-electron chi connectivity index (χ3n) is 0. The summed E-state index contributed by atoms with van der Waals surface area (Å²) >= 11 is 0. The zero-order valence-electron chi connectivity index (χ0n) is 4.79. The number of hydrogen-bond donors (Lipinski definition) is 0. The van der Waals surface area contributed by atoms with Gasteiger partial charge >= 0.3 is 48.9 Å². The molecule has 64 valence electrons. The monoisotopic (exact) mass is 330 g/mol. The Balaban J connectivity index is -0.000000107. The van der Waals surface area contributed by atoms with E-state index >= 15 is 0 Å². The van der Waals surface area contributed by atoms with Crippen LogP contribution in [0.15, 0.2) is 0 Å². The molecule has 0 bridgehead atoms. The molecule has 0 saturated heterocycles. The molecule has 0 atom stereocenters. The van der Waals surface area contributed by atoms with E-state index < -0.39 is 20.8 Å². The van der Waals surface area contributed by atoms with Crippen molar-refractivity contribution in [2.75, 3.05) is 0 Å². The summed E-state index contributed by atoms with van der Waals surface area (Å²) in [5.41, 5.74) is 0. The molecule has 0 aliphatic heterocycles. The van der Waals surface area contributed by atoms with Crippen LogP contribution in [0.25, 0.3) is 0 Å². The van der Waals surface area contributed by atoms with Crippen LogP contribution in [0.5, 0.6) is 0 Å². The summed E-state index contributed by atoms with van der Waals surface area (Å²) in [6.07, 6.45) is 0. The maximum absolute atomic E-state index is 8.52. The van der Waals surface area contributed by atoms with E-state index in [0.717, 1.165) is 0 Å². The third-order valence-corrected chi connectivity index (χ3v) is 0. The molecule has 0 spiro atoms. The van der Waals surface area contributed by atoms with Crippen molar-refractivity contribution in [2.45, 2.75) is 0 Å². The Morgan fingerprint density at radius 2 is 0.636 bits per heavy atom. The average Bonchev–Trinajstić information content (AvgIpc) is 1.12. The molecule has 0 amide bonds. The van der Waals surface area contributed by atoms with Gasteiger partial charge in [0.1, 0.15) is 0 Å². The predicted octanol–water partition coefficient (Wildman–Crippen LogP) is -3.06. The molecule has 11 heavy (non-hydrogen) atoms. The van der Waals surface area contributed by atoms with E-state index in [1.54, 1.807) is 0 Å². The van der Waals surface area contributed by atoms with Crippen molar-refractivity contribution in [1.82, 2.24) is 0 Å². The first-order valence-corrected chi connectivity index (χ1v) is 4.00. The molecule has 0 aromatic heterocycles. The minimum Gasteiger partial charge on any atom is -0.759 e. The average molecular weight is 329 g/mol. The van der Waals surface area contributed by atoms with Crippen molar-refractivity contribution < 1.29 is 35.0 Å². The second-order valence-electron chi connectivity index (χ2n) is 0.816. The largest absolute Gasteiger partial charge is 2.00 e. The maximum atomic E-state index is 8.52. The molecule has 11 heteroatoms. The first-order valence-electron chi connectivity index (χ1n) is 1.33. The Labute approximate surface area is 103 Å². The van der Waals surface area contributed by atoms with Gasteiger partial charge < -0.3 is 18.2 Å². The fraction of sp³-hybridized carbons (Fsp3) is 0. The molecule has 0 aromatic rings. The predicted molar refractivity (Wildman–Crippen MR) is 26.7 cm³/mol. The summed E-state index contributed by atoms with van der Waals surface area (Å²) in [7, 11) is -10.3. The summed E-state index contributed by atoms with van der Waals surface area (Å²) < 4.78 is 68.2. The van der Waals surface area contributed by atoms with Crippen LogP contribution in [0.1, 0.15) is 0 Å². The first-order chi connectivity index (χ1) is 4.00. The summed E-state index contributed by atoms with van der Waals surface area (Å²) in [4.78, 5) is 0. The smallest absolute Gasteiger partial charge is 0.759 e. The molecule has 0 aliphatic rings. The molecule has 8 nitrogen and oxygen atoms in total. The van der Waals surface area contributed by atoms with Gasteiger partial charge in [0.15, 0.2) is 0 Å². The second-order valence-corrected chi connectivity index (χ2v) is 2.45. The van der Waals surface area contributed by atoms with Gasteiger partial charge in [-0.25, -0.2) is 0 Å². The zero-order chi connectivity index (χ0) is 9.00. The number of rotatable bonds is 0. The molecule has 0 aromatic carbocycles. The molecular formula is BaO8S2-2. The van der Waals surface area contributed by atoms with E-state index in [1.807, 2.05) is 0 Å². The Bertz CT molecular complexity index is 208. The van der Waals surface area contributed by atoms with Gasteiger partial charge in [-0.05, 0) is 0 Å². The van der Waals surface area contributed by atoms with E-state index in [9.17, 15) is 0 Å². The normalized spacial score (nSPS) is 10.5. The molecule has 0 heterocycles. The molecule has 0 N–H and O–H groups in total. The summed E-state index contributed by atoms with van der Waals surface area (Å²) in [5, 5.41) is 0. The minimum absolute atomic E-state index is 0. The van der Waals surface area contributed by atoms with E-state index in [1.165, 1.54) is 0 Å². The van der Waals surface area contributed by atoms with Crippen molar-refractivity contribution in [3.8, 4) is 0 Å². The maximum Gasteiger partial charge on any atom is 2.00 e. The Morgan fingerprint density at radius 3 is 0.636 bits per heavy atom. The Morgan fingerprint density at radius 1 is 0.636 bits per heavy atom. The van der Waals surface area contributed by atoms with Crippen LogP contribution in [0.2, 0.25) is 0 Å². The van der Waals surface area contributed by atoms with Crippen LogP contribution >= 0.6 is 0 Å². The molecule has 0 aliphatic carbocycles. The van der Waals surface area contributed by atoms with Crippen molar-refractivity contribution in [1.29, 1.82) is 0 Å². The molecule has 0 fully saturated rings. The van der Waals surface area contributed by atoms with Gasteiger partial charge in [0.05, 0.1) is 0 Å². The number of hydrogen-bond acceptors (Lipinski definition) is 8. The van der Waals surface area contributed by atoms with Gasteiger partial charge in [0.25, 0.3) is 0 Å². The molecule has 0 unspecified atom stereocenters. The molecular weight excluding hydrogens is 329 g/mol. The topological polar surface area (TPSA) is 161 Å². The van der Waals surface area contributed by atoms with Gasteiger partial charge in [0, 0.05) is 20.8 Å². The van der Waals surface area contributed by atoms with Crippen LogP contribution in [-0.4, -0.2) is 83.9 Å². The summed E-state index contributed by atoms with van der Waals surface area (Å²) in [5.74, 6) is 0. The van der Waals surface area contributed by atoms with E-state index in [0.29, 0.717) is 0 Å². The Kier molecular flexibility index (Phi) is 11.2. The zero-order valence-corrected chi connectivity index (χ0v) is 10.9. The van der Waals surface area contributed by atoms with E-state index in [2.05, 4.69) is 0 Å². The van der Waals surface area contributed by atoms with Crippen molar-refractivity contribution >= 4 is 69.7 Å². The van der Waals surface area contributed by atoms with E-state index in [4.69, 9.17) is 35.0 Å². The van der Waals surface area contributed by atoms with Crippen molar-refractivity contribution in [3.63, 3.8) is 0 Å². The van der Waals surface area contributed by atoms with Gasteiger partial charge in [-0.1, -0.05) is 0 Å². The van der Waals surface area contributed by atoms with Crippen molar-refractivity contribution in [3.05, 3.63) is 0 Å². The minimum atomic E-state index is -5.17. The quantitative estimate of drug-likeness (QED) is 0.257. The molecule has 0 saturated carbocycles. The van der Waals surface area contributed by atoms with Crippen LogP contribution in [-0.2, 0) is 20.8 Å². The van der Waals surface area contributed by atoms with Gasteiger partial charge in [0.2, 0.25) is 0 Å².